The molecule has 0 aliphatic heterocycles. The first kappa shape index (κ1) is 15.0. The second-order valence-corrected chi connectivity index (χ2v) is 5.97. The van der Waals surface area contributed by atoms with Crippen molar-refractivity contribution in [3.63, 3.8) is 0 Å². The van der Waals surface area contributed by atoms with E-state index in [1.165, 1.54) is 0 Å². The molecule has 0 unspecified atom stereocenters. The summed E-state index contributed by atoms with van der Waals surface area (Å²) in [4.78, 5) is 12.2. The molecule has 0 radical (unpaired) electrons. The van der Waals surface area contributed by atoms with Crippen molar-refractivity contribution in [1.82, 2.24) is 19.9 Å². The quantitative estimate of drug-likeness (QED) is 0.758. The Morgan fingerprint density at radius 3 is 3.00 bits per heavy atom. The first-order chi connectivity index (χ1) is 10.6. The second-order valence-electron chi connectivity index (χ2n) is 4.68. The first-order valence-electron chi connectivity index (χ1n) is 6.67. The van der Waals surface area contributed by atoms with Crippen LogP contribution >= 0.6 is 27.5 Å². The Morgan fingerprint density at radius 2 is 2.14 bits per heavy atom. The molecule has 2 aromatic heterocycles. The van der Waals surface area contributed by atoms with Crippen LogP contribution in [0.3, 0.4) is 0 Å². The second kappa shape index (κ2) is 6.46. The van der Waals surface area contributed by atoms with Crippen LogP contribution in [0.25, 0.3) is 5.65 Å². The molecule has 2 heterocycles. The maximum atomic E-state index is 12.2. The number of pyridine rings is 1. The van der Waals surface area contributed by atoms with Gasteiger partial charge in [0.2, 0.25) is 0 Å². The summed E-state index contributed by atoms with van der Waals surface area (Å²) < 4.78 is 2.61. The lowest BCUT2D eigenvalue weighted by molar-refractivity contribution is 0.0953. The number of amides is 1. The Morgan fingerprint density at radius 1 is 1.27 bits per heavy atom. The Hall–Kier alpha value is -1.92. The third kappa shape index (κ3) is 3.13. The highest BCUT2D eigenvalue weighted by molar-refractivity contribution is 9.10. The van der Waals surface area contributed by atoms with Gasteiger partial charge in [0.15, 0.2) is 5.65 Å². The van der Waals surface area contributed by atoms with Crippen LogP contribution in [0, 0.1) is 0 Å². The third-order valence-corrected chi connectivity index (χ3v) is 4.12. The predicted octanol–water partition coefficient (Wildman–Crippen LogP) is 3.12. The number of halogens is 2. The van der Waals surface area contributed by atoms with Crippen LogP contribution in [0.15, 0.2) is 47.1 Å². The Balaban J connectivity index is 1.65. The molecule has 0 spiro atoms. The van der Waals surface area contributed by atoms with Crippen molar-refractivity contribution in [3.8, 4) is 0 Å². The van der Waals surface area contributed by atoms with Crippen molar-refractivity contribution in [1.29, 1.82) is 0 Å². The fraction of sp³-hybridized carbons (Fsp3) is 0.133. The molecule has 1 N–H and O–H groups in total. The number of benzene rings is 1. The van der Waals surface area contributed by atoms with Gasteiger partial charge in [-0.2, -0.15) is 0 Å². The van der Waals surface area contributed by atoms with E-state index >= 15 is 0 Å². The highest BCUT2D eigenvalue weighted by Gasteiger charge is 2.11. The summed E-state index contributed by atoms with van der Waals surface area (Å²) in [6, 6.07) is 10.8. The lowest BCUT2D eigenvalue weighted by Crippen LogP contribution is -2.26. The number of hydrogen-bond acceptors (Lipinski definition) is 3. The van der Waals surface area contributed by atoms with Gasteiger partial charge in [0.25, 0.3) is 5.91 Å². The number of nitrogens with one attached hydrogen (secondary N) is 1. The standard InChI is InChI=1S/C15H12BrClN4O/c16-12-5-4-10(17)9-11(12)15(22)18-7-6-14-20-19-13-3-1-2-8-21(13)14/h1-5,8-9H,6-7H2,(H,18,22). The average Bonchev–Trinajstić information content (AvgIpc) is 2.93. The summed E-state index contributed by atoms with van der Waals surface area (Å²) in [5, 5.41) is 11.6. The molecular formula is C15H12BrClN4O. The zero-order chi connectivity index (χ0) is 15.5. The highest BCUT2D eigenvalue weighted by atomic mass is 79.9. The van der Waals surface area contributed by atoms with Crippen LogP contribution in [-0.2, 0) is 6.42 Å². The lowest BCUT2D eigenvalue weighted by atomic mass is 10.2. The van der Waals surface area contributed by atoms with Gasteiger partial charge in [-0.3, -0.25) is 9.20 Å². The van der Waals surface area contributed by atoms with Crippen molar-refractivity contribution in [2.75, 3.05) is 6.54 Å². The molecule has 0 atom stereocenters. The molecule has 0 fully saturated rings. The maximum absolute atomic E-state index is 12.2. The predicted molar refractivity (Wildman–Crippen MR) is 88.2 cm³/mol. The van der Waals surface area contributed by atoms with E-state index in [-0.39, 0.29) is 5.91 Å². The van der Waals surface area contributed by atoms with Crippen molar-refractivity contribution >= 4 is 39.1 Å². The molecule has 0 aliphatic carbocycles. The summed E-state index contributed by atoms with van der Waals surface area (Å²) in [5.74, 6) is 0.629. The Labute approximate surface area is 140 Å². The molecule has 0 bridgehead atoms. The third-order valence-electron chi connectivity index (χ3n) is 3.19. The number of carbonyl (C=O) groups is 1. The minimum atomic E-state index is -0.178. The van der Waals surface area contributed by atoms with Gasteiger partial charge >= 0.3 is 0 Å². The van der Waals surface area contributed by atoms with Gasteiger partial charge < -0.3 is 5.32 Å². The molecule has 3 aromatic rings. The van der Waals surface area contributed by atoms with E-state index < -0.39 is 0 Å². The summed E-state index contributed by atoms with van der Waals surface area (Å²) in [5.41, 5.74) is 1.31. The molecule has 7 heteroatoms. The van der Waals surface area contributed by atoms with Crippen molar-refractivity contribution in [3.05, 3.63) is 63.5 Å². The molecule has 5 nitrogen and oxygen atoms in total. The van der Waals surface area contributed by atoms with Crippen molar-refractivity contribution in [2.45, 2.75) is 6.42 Å². The summed E-state index contributed by atoms with van der Waals surface area (Å²) >= 11 is 9.27. The van der Waals surface area contributed by atoms with Gasteiger partial charge in [-0.05, 0) is 46.3 Å². The Bertz CT molecular complexity index is 833. The van der Waals surface area contributed by atoms with Gasteiger partial charge in [-0.1, -0.05) is 17.7 Å². The fourth-order valence-corrected chi connectivity index (χ4v) is 2.71. The van der Waals surface area contributed by atoms with Crippen molar-refractivity contribution in [2.24, 2.45) is 0 Å². The van der Waals surface area contributed by atoms with Crippen LogP contribution in [0.1, 0.15) is 16.2 Å². The molecule has 3 rings (SSSR count). The lowest BCUT2D eigenvalue weighted by Gasteiger charge is -2.07. The van der Waals surface area contributed by atoms with Crippen LogP contribution in [0.2, 0.25) is 5.02 Å². The average molecular weight is 380 g/mol. The molecule has 112 valence electrons. The zero-order valence-electron chi connectivity index (χ0n) is 11.5. The molecule has 1 amide bonds. The van der Waals surface area contributed by atoms with Gasteiger partial charge in [0, 0.05) is 28.7 Å². The summed E-state index contributed by atoms with van der Waals surface area (Å²) in [6.45, 7) is 0.466. The molecule has 1 aromatic carbocycles. The van der Waals surface area contributed by atoms with E-state index in [2.05, 4.69) is 31.4 Å². The number of nitrogens with zero attached hydrogens (tertiary/aromatic N) is 3. The maximum Gasteiger partial charge on any atom is 0.252 e. The van der Waals surface area contributed by atoms with Gasteiger partial charge in [-0.25, -0.2) is 0 Å². The SMILES string of the molecule is O=C(NCCc1nnc2ccccn12)c1cc(Cl)ccc1Br. The first-order valence-corrected chi connectivity index (χ1v) is 7.84. The number of rotatable bonds is 4. The molecule has 0 aliphatic rings. The largest absolute Gasteiger partial charge is 0.352 e. The molecule has 0 saturated heterocycles. The smallest absolute Gasteiger partial charge is 0.252 e. The van der Waals surface area contributed by atoms with Crippen LogP contribution < -0.4 is 5.32 Å². The van der Waals surface area contributed by atoms with Crippen LogP contribution in [0.4, 0.5) is 0 Å². The van der Waals surface area contributed by atoms with Crippen LogP contribution in [0.5, 0.6) is 0 Å². The van der Waals surface area contributed by atoms with E-state index in [1.54, 1.807) is 18.2 Å². The summed E-state index contributed by atoms with van der Waals surface area (Å²) in [7, 11) is 0. The topological polar surface area (TPSA) is 59.3 Å². The van der Waals surface area contributed by atoms with Crippen LogP contribution in [-0.4, -0.2) is 27.0 Å². The van der Waals surface area contributed by atoms with E-state index in [0.717, 1.165) is 11.5 Å². The molecule has 0 saturated carbocycles. The molecule has 22 heavy (non-hydrogen) atoms. The normalized spacial score (nSPS) is 10.8. The molecular weight excluding hydrogens is 368 g/mol. The van der Waals surface area contributed by atoms with E-state index in [1.807, 2.05) is 28.8 Å². The number of hydrogen-bond donors (Lipinski definition) is 1. The summed E-state index contributed by atoms with van der Waals surface area (Å²) in [6.07, 6.45) is 2.50. The number of carbonyl (C=O) groups excluding carboxylic acids is 1. The highest BCUT2D eigenvalue weighted by Crippen LogP contribution is 2.20. The number of fused-ring (bicyclic) bond motifs is 1. The minimum absolute atomic E-state index is 0.178. The van der Waals surface area contributed by atoms with Gasteiger partial charge in [-0.15, -0.1) is 10.2 Å². The zero-order valence-corrected chi connectivity index (χ0v) is 13.8. The van der Waals surface area contributed by atoms with Gasteiger partial charge in [0.05, 0.1) is 5.56 Å². The van der Waals surface area contributed by atoms with E-state index in [4.69, 9.17) is 11.6 Å². The Kier molecular flexibility index (Phi) is 4.40. The van der Waals surface area contributed by atoms with E-state index in [9.17, 15) is 4.79 Å². The van der Waals surface area contributed by atoms with Gasteiger partial charge in [0.1, 0.15) is 5.82 Å². The van der Waals surface area contributed by atoms with Crippen molar-refractivity contribution < 1.29 is 4.79 Å². The fourth-order valence-electron chi connectivity index (χ4n) is 2.12. The minimum Gasteiger partial charge on any atom is -0.352 e. The monoisotopic (exact) mass is 378 g/mol. The van der Waals surface area contributed by atoms with E-state index in [0.29, 0.717) is 28.0 Å². The number of aromatic nitrogens is 3.